The zero-order valence-corrected chi connectivity index (χ0v) is 17.2. The van der Waals surface area contributed by atoms with Crippen LogP contribution >= 0.6 is 11.3 Å². The van der Waals surface area contributed by atoms with Crippen LogP contribution in [-0.2, 0) is 4.79 Å². The summed E-state index contributed by atoms with van der Waals surface area (Å²) in [6, 6.07) is 10.5. The molecule has 1 fully saturated rings. The third-order valence-electron chi connectivity index (χ3n) is 5.15. The van der Waals surface area contributed by atoms with Crippen LogP contribution in [0.2, 0.25) is 0 Å². The Hall–Kier alpha value is -2.47. The topological polar surface area (TPSA) is 58.1 Å². The van der Waals surface area contributed by atoms with Crippen LogP contribution in [0.4, 0.5) is 5.82 Å². The van der Waals surface area contributed by atoms with Crippen molar-refractivity contribution in [3.05, 3.63) is 41.1 Å². The van der Waals surface area contributed by atoms with E-state index in [1.165, 1.54) is 0 Å². The number of likely N-dealkylation sites (tertiary alicyclic amines) is 1. The van der Waals surface area contributed by atoms with Crippen molar-refractivity contribution >= 4 is 34.0 Å². The molecule has 0 bridgehead atoms. The second-order valence-electron chi connectivity index (χ2n) is 7.82. The highest BCUT2D eigenvalue weighted by Gasteiger charge is 2.24. The molecule has 28 heavy (non-hydrogen) atoms. The van der Waals surface area contributed by atoms with Crippen LogP contribution in [0.5, 0.6) is 0 Å². The summed E-state index contributed by atoms with van der Waals surface area (Å²) < 4.78 is 0. The Morgan fingerprint density at radius 2 is 2.00 bits per heavy atom. The number of benzene rings is 1. The van der Waals surface area contributed by atoms with Gasteiger partial charge in [-0.2, -0.15) is 11.3 Å². The monoisotopic (exact) mass is 394 g/mol. The molecule has 0 spiro atoms. The first kappa shape index (κ1) is 18.9. The van der Waals surface area contributed by atoms with Gasteiger partial charge in [-0.1, -0.05) is 26.0 Å². The van der Waals surface area contributed by atoms with E-state index in [4.69, 9.17) is 9.97 Å². The van der Waals surface area contributed by atoms with Crippen LogP contribution in [0.15, 0.2) is 41.1 Å². The first-order chi connectivity index (χ1) is 13.6. The van der Waals surface area contributed by atoms with Crippen LogP contribution in [0.3, 0.4) is 0 Å². The number of fused-ring (bicyclic) bond motifs is 1. The molecule has 1 aromatic carbocycles. The van der Waals surface area contributed by atoms with E-state index in [9.17, 15) is 4.79 Å². The zero-order chi connectivity index (χ0) is 19.5. The molecule has 0 saturated carbocycles. The van der Waals surface area contributed by atoms with Crippen molar-refractivity contribution in [2.45, 2.75) is 39.2 Å². The van der Waals surface area contributed by atoms with Gasteiger partial charge in [-0.15, -0.1) is 0 Å². The number of hydrogen-bond acceptors (Lipinski definition) is 5. The Morgan fingerprint density at radius 1 is 1.21 bits per heavy atom. The predicted octanol–water partition coefficient (Wildman–Crippen LogP) is 4.81. The number of nitrogens with zero attached hydrogens (tertiary/aromatic N) is 3. The predicted molar refractivity (Wildman–Crippen MR) is 116 cm³/mol. The molecule has 0 unspecified atom stereocenters. The lowest BCUT2D eigenvalue weighted by Gasteiger charge is -2.33. The fraction of sp³-hybridized carbons (Fsp3) is 0.409. The lowest BCUT2D eigenvalue weighted by molar-refractivity contribution is -0.132. The Kier molecular flexibility index (Phi) is 5.57. The number of nitrogens with one attached hydrogen (secondary N) is 1. The van der Waals surface area contributed by atoms with Crippen LogP contribution in [0.25, 0.3) is 22.3 Å². The summed E-state index contributed by atoms with van der Waals surface area (Å²) in [4.78, 5) is 23.9. The minimum Gasteiger partial charge on any atom is -0.367 e. The number of piperidine rings is 1. The number of anilines is 1. The first-order valence-corrected chi connectivity index (χ1v) is 10.9. The van der Waals surface area contributed by atoms with E-state index in [0.29, 0.717) is 18.4 Å². The van der Waals surface area contributed by atoms with Gasteiger partial charge in [0.25, 0.3) is 0 Å². The largest absolute Gasteiger partial charge is 0.367 e. The molecule has 4 rings (SSSR count). The maximum atomic E-state index is 12.3. The maximum Gasteiger partial charge on any atom is 0.222 e. The summed E-state index contributed by atoms with van der Waals surface area (Å²) in [5.41, 5.74) is 2.00. The van der Waals surface area contributed by atoms with E-state index >= 15 is 0 Å². The molecule has 0 atom stereocenters. The number of amides is 1. The SMILES string of the molecule is CC(C)CC(=O)N1CCC(Nc2nc(-c3ccsc3)nc3ccccc23)CC1. The number of aromatic nitrogens is 2. The van der Waals surface area contributed by atoms with Crippen molar-refractivity contribution in [3.63, 3.8) is 0 Å². The second-order valence-corrected chi connectivity index (χ2v) is 8.60. The molecule has 0 aliphatic carbocycles. The molecule has 1 amide bonds. The van der Waals surface area contributed by atoms with Crippen LogP contribution in [-0.4, -0.2) is 39.9 Å². The van der Waals surface area contributed by atoms with Gasteiger partial charge in [-0.05, 0) is 42.3 Å². The highest BCUT2D eigenvalue weighted by atomic mass is 32.1. The average Bonchev–Trinajstić information content (AvgIpc) is 3.23. The van der Waals surface area contributed by atoms with E-state index in [1.54, 1.807) is 11.3 Å². The summed E-state index contributed by atoms with van der Waals surface area (Å²) in [7, 11) is 0. The van der Waals surface area contributed by atoms with Crippen molar-refractivity contribution < 1.29 is 4.79 Å². The smallest absolute Gasteiger partial charge is 0.222 e. The van der Waals surface area contributed by atoms with Gasteiger partial charge in [-0.25, -0.2) is 9.97 Å². The van der Waals surface area contributed by atoms with Crippen LogP contribution in [0.1, 0.15) is 33.1 Å². The molecule has 1 aliphatic rings. The molecule has 5 nitrogen and oxygen atoms in total. The number of rotatable bonds is 5. The highest BCUT2D eigenvalue weighted by molar-refractivity contribution is 7.08. The van der Waals surface area contributed by atoms with Crippen molar-refractivity contribution in [2.75, 3.05) is 18.4 Å². The third-order valence-corrected chi connectivity index (χ3v) is 5.84. The van der Waals surface area contributed by atoms with Crippen molar-refractivity contribution in [3.8, 4) is 11.4 Å². The van der Waals surface area contributed by atoms with Crippen LogP contribution < -0.4 is 5.32 Å². The molecule has 3 heterocycles. The van der Waals surface area contributed by atoms with Gasteiger partial charge >= 0.3 is 0 Å². The summed E-state index contributed by atoms with van der Waals surface area (Å²) >= 11 is 1.65. The summed E-state index contributed by atoms with van der Waals surface area (Å²) in [5, 5.41) is 8.80. The molecule has 1 saturated heterocycles. The lowest BCUT2D eigenvalue weighted by Crippen LogP contribution is -2.42. The summed E-state index contributed by atoms with van der Waals surface area (Å²) in [6.07, 6.45) is 2.52. The molecular formula is C22H26N4OS. The number of carbonyl (C=O) groups is 1. The fourth-order valence-electron chi connectivity index (χ4n) is 3.65. The maximum absolute atomic E-state index is 12.3. The third kappa shape index (κ3) is 4.17. The van der Waals surface area contributed by atoms with Gasteiger partial charge in [0.05, 0.1) is 5.52 Å². The van der Waals surface area contributed by atoms with Crippen molar-refractivity contribution in [1.82, 2.24) is 14.9 Å². The quantitative estimate of drug-likeness (QED) is 0.675. The number of para-hydroxylation sites is 1. The molecule has 146 valence electrons. The zero-order valence-electron chi connectivity index (χ0n) is 16.4. The van der Waals surface area contributed by atoms with Crippen molar-refractivity contribution in [1.29, 1.82) is 0 Å². The van der Waals surface area contributed by atoms with E-state index in [-0.39, 0.29) is 5.91 Å². The van der Waals surface area contributed by atoms with Crippen LogP contribution in [0, 0.1) is 5.92 Å². The van der Waals surface area contributed by atoms with Gasteiger partial charge in [0.2, 0.25) is 5.91 Å². The number of carbonyl (C=O) groups excluding carboxylic acids is 1. The van der Waals surface area contributed by atoms with E-state index in [1.807, 2.05) is 28.5 Å². The van der Waals surface area contributed by atoms with E-state index < -0.39 is 0 Å². The molecular weight excluding hydrogens is 368 g/mol. The van der Waals surface area contributed by atoms with E-state index in [2.05, 4.69) is 36.7 Å². The molecule has 3 aromatic rings. The van der Waals surface area contributed by atoms with Gasteiger partial charge in [0.15, 0.2) is 5.82 Å². The fourth-order valence-corrected chi connectivity index (χ4v) is 4.29. The Balaban J connectivity index is 1.51. The Labute approximate surface area is 169 Å². The normalized spacial score (nSPS) is 15.3. The van der Waals surface area contributed by atoms with Gasteiger partial charge in [0, 0.05) is 41.9 Å². The molecule has 1 aliphatic heterocycles. The minimum absolute atomic E-state index is 0.278. The van der Waals surface area contributed by atoms with Crippen molar-refractivity contribution in [2.24, 2.45) is 5.92 Å². The first-order valence-electron chi connectivity index (χ1n) is 9.94. The Morgan fingerprint density at radius 3 is 2.71 bits per heavy atom. The molecule has 2 aromatic heterocycles. The average molecular weight is 395 g/mol. The molecule has 1 N–H and O–H groups in total. The van der Waals surface area contributed by atoms with Gasteiger partial charge in [-0.3, -0.25) is 4.79 Å². The highest BCUT2D eigenvalue weighted by Crippen LogP contribution is 2.27. The van der Waals surface area contributed by atoms with Gasteiger partial charge < -0.3 is 10.2 Å². The van der Waals surface area contributed by atoms with Gasteiger partial charge in [0.1, 0.15) is 5.82 Å². The minimum atomic E-state index is 0.278. The van der Waals surface area contributed by atoms with E-state index in [0.717, 1.165) is 54.0 Å². The number of thiophene rings is 1. The Bertz CT molecular complexity index is 946. The molecule has 0 radical (unpaired) electrons. The molecule has 6 heteroatoms. The number of hydrogen-bond donors (Lipinski definition) is 1. The summed E-state index contributed by atoms with van der Waals surface area (Å²) in [6.45, 7) is 5.81. The second kappa shape index (κ2) is 8.27. The standard InChI is InChI=1S/C22H26N4OS/c1-15(2)13-20(27)26-10-7-17(8-11-26)23-22-18-5-3-4-6-19(18)24-21(25-22)16-9-12-28-14-16/h3-6,9,12,14-15,17H,7-8,10-11,13H2,1-2H3,(H,23,24,25). The lowest BCUT2D eigenvalue weighted by atomic mass is 10.0. The summed E-state index contributed by atoms with van der Waals surface area (Å²) in [5.74, 6) is 2.33.